The zero-order valence-electron chi connectivity index (χ0n) is 10.3. The van der Waals surface area contributed by atoms with Crippen LogP contribution in [0.2, 0.25) is 0 Å². The van der Waals surface area contributed by atoms with E-state index in [-0.39, 0.29) is 0 Å². The summed E-state index contributed by atoms with van der Waals surface area (Å²) in [4.78, 5) is 0. The molecule has 0 amide bonds. The highest BCUT2D eigenvalue weighted by Crippen LogP contribution is 2.30. The molecule has 1 unspecified atom stereocenters. The molecule has 0 saturated heterocycles. The van der Waals surface area contributed by atoms with Gasteiger partial charge in [-0.3, -0.25) is 0 Å². The van der Waals surface area contributed by atoms with Crippen molar-refractivity contribution in [2.24, 2.45) is 0 Å². The lowest BCUT2D eigenvalue weighted by Crippen LogP contribution is -2.01. The van der Waals surface area contributed by atoms with E-state index in [9.17, 15) is 0 Å². The molecule has 2 aromatic carbocycles. The van der Waals surface area contributed by atoms with Crippen LogP contribution in [0.25, 0.3) is 10.8 Å². The van der Waals surface area contributed by atoms with Crippen molar-refractivity contribution in [1.82, 2.24) is 0 Å². The Morgan fingerprint density at radius 3 is 2.59 bits per heavy atom. The lowest BCUT2D eigenvalue weighted by atomic mass is 9.91. The van der Waals surface area contributed by atoms with E-state index in [0.717, 1.165) is 5.33 Å². The first-order chi connectivity index (χ1) is 8.36. The molecule has 0 saturated carbocycles. The quantitative estimate of drug-likeness (QED) is 0.637. The first-order valence-corrected chi connectivity index (χ1v) is 7.52. The molecule has 0 nitrogen and oxygen atoms in total. The number of halogens is 1. The molecule has 2 aromatic rings. The third-order valence-corrected chi connectivity index (χ3v) is 4.14. The van der Waals surface area contributed by atoms with Crippen molar-refractivity contribution in [3.8, 4) is 0 Å². The molecular formula is C16H19Br. The van der Waals surface area contributed by atoms with E-state index in [2.05, 4.69) is 65.3 Å². The van der Waals surface area contributed by atoms with E-state index < -0.39 is 0 Å². The monoisotopic (exact) mass is 290 g/mol. The molecule has 0 spiro atoms. The summed E-state index contributed by atoms with van der Waals surface area (Å²) in [6.07, 6.45) is 3.85. The minimum atomic E-state index is 0.640. The van der Waals surface area contributed by atoms with Gasteiger partial charge in [-0.25, -0.2) is 0 Å². The Hall–Kier alpha value is -0.820. The number of rotatable bonds is 5. The summed E-state index contributed by atoms with van der Waals surface area (Å²) in [6, 6.07) is 15.3. The Bertz CT molecular complexity index is 470. The summed E-state index contributed by atoms with van der Waals surface area (Å²) in [5.41, 5.74) is 1.49. The molecule has 0 aliphatic carbocycles. The Balaban J connectivity index is 2.38. The largest absolute Gasteiger partial charge is 0.0921 e. The van der Waals surface area contributed by atoms with Crippen molar-refractivity contribution < 1.29 is 0 Å². The lowest BCUT2D eigenvalue weighted by Gasteiger charge is -2.16. The second kappa shape index (κ2) is 6.20. The van der Waals surface area contributed by atoms with Gasteiger partial charge >= 0.3 is 0 Å². The second-order valence-electron chi connectivity index (χ2n) is 4.56. The van der Waals surface area contributed by atoms with E-state index in [1.54, 1.807) is 0 Å². The minimum Gasteiger partial charge on any atom is -0.0921 e. The highest BCUT2D eigenvalue weighted by molar-refractivity contribution is 9.09. The van der Waals surface area contributed by atoms with Gasteiger partial charge in [0.15, 0.2) is 0 Å². The van der Waals surface area contributed by atoms with Gasteiger partial charge in [-0.15, -0.1) is 0 Å². The standard InChI is InChI=1S/C16H19Br/c1-2-3-7-14(12-17)16-11-6-9-13-8-4-5-10-15(13)16/h4-6,8-11,14H,2-3,7,12H2,1H3. The molecule has 0 aromatic heterocycles. The van der Waals surface area contributed by atoms with Crippen LogP contribution in [-0.4, -0.2) is 5.33 Å². The summed E-state index contributed by atoms with van der Waals surface area (Å²) in [7, 11) is 0. The SMILES string of the molecule is CCCCC(CBr)c1cccc2ccccc12. The zero-order valence-corrected chi connectivity index (χ0v) is 11.9. The third-order valence-electron chi connectivity index (χ3n) is 3.36. The van der Waals surface area contributed by atoms with Crippen LogP contribution in [0.1, 0.15) is 37.7 Å². The molecule has 0 N–H and O–H groups in total. The van der Waals surface area contributed by atoms with Gasteiger partial charge in [-0.05, 0) is 28.7 Å². The Morgan fingerprint density at radius 2 is 1.82 bits per heavy atom. The number of hydrogen-bond acceptors (Lipinski definition) is 0. The Labute approximate surface area is 112 Å². The number of unbranched alkanes of at least 4 members (excludes halogenated alkanes) is 1. The molecule has 2 rings (SSSR count). The van der Waals surface area contributed by atoms with Crippen LogP contribution in [0.5, 0.6) is 0 Å². The Morgan fingerprint density at radius 1 is 1.06 bits per heavy atom. The summed E-state index contributed by atoms with van der Waals surface area (Å²) < 4.78 is 0. The van der Waals surface area contributed by atoms with Gasteiger partial charge in [0.2, 0.25) is 0 Å². The zero-order chi connectivity index (χ0) is 12.1. The van der Waals surface area contributed by atoms with Gasteiger partial charge < -0.3 is 0 Å². The van der Waals surface area contributed by atoms with Crippen molar-refractivity contribution in [3.63, 3.8) is 0 Å². The number of hydrogen-bond donors (Lipinski definition) is 0. The third kappa shape index (κ3) is 2.90. The van der Waals surface area contributed by atoms with Gasteiger partial charge in [-0.1, -0.05) is 78.2 Å². The average molecular weight is 291 g/mol. The first-order valence-electron chi connectivity index (χ1n) is 6.40. The molecule has 0 radical (unpaired) electrons. The average Bonchev–Trinajstić information content (AvgIpc) is 2.40. The van der Waals surface area contributed by atoms with E-state index in [1.807, 2.05) is 0 Å². The van der Waals surface area contributed by atoms with Gasteiger partial charge in [0, 0.05) is 5.33 Å². The molecule has 0 aliphatic heterocycles. The van der Waals surface area contributed by atoms with Gasteiger partial charge in [0.05, 0.1) is 0 Å². The topological polar surface area (TPSA) is 0 Å². The van der Waals surface area contributed by atoms with Crippen molar-refractivity contribution in [2.45, 2.75) is 32.1 Å². The highest BCUT2D eigenvalue weighted by atomic mass is 79.9. The summed E-state index contributed by atoms with van der Waals surface area (Å²) in [5.74, 6) is 0.640. The predicted octanol–water partition coefficient (Wildman–Crippen LogP) is 5.51. The molecule has 90 valence electrons. The smallest absolute Gasteiger partial charge is 0.0100 e. The predicted molar refractivity (Wildman–Crippen MR) is 80.0 cm³/mol. The van der Waals surface area contributed by atoms with Crippen molar-refractivity contribution in [3.05, 3.63) is 48.0 Å². The fraction of sp³-hybridized carbons (Fsp3) is 0.375. The lowest BCUT2D eigenvalue weighted by molar-refractivity contribution is 0.636. The van der Waals surface area contributed by atoms with Gasteiger partial charge in [0.25, 0.3) is 0 Å². The minimum absolute atomic E-state index is 0.640. The molecule has 1 heteroatoms. The van der Waals surface area contributed by atoms with Crippen LogP contribution in [0.3, 0.4) is 0 Å². The van der Waals surface area contributed by atoms with E-state index >= 15 is 0 Å². The summed E-state index contributed by atoms with van der Waals surface area (Å²) >= 11 is 3.67. The molecule has 17 heavy (non-hydrogen) atoms. The normalized spacial score (nSPS) is 12.8. The number of benzene rings is 2. The number of alkyl halides is 1. The molecular weight excluding hydrogens is 272 g/mol. The van der Waals surface area contributed by atoms with Gasteiger partial charge in [-0.2, -0.15) is 0 Å². The van der Waals surface area contributed by atoms with Crippen LogP contribution < -0.4 is 0 Å². The molecule has 1 atom stereocenters. The second-order valence-corrected chi connectivity index (χ2v) is 5.21. The van der Waals surface area contributed by atoms with Crippen LogP contribution >= 0.6 is 15.9 Å². The fourth-order valence-electron chi connectivity index (χ4n) is 2.37. The van der Waals surface area contributed by atoms with Crippen LogP contribution in [-0.2, 0) is 0 Å². The van der Waals surface area contributed by atoms with E-state index in [1.165, 1.54) is 35.6 Å². The van der Waals surface area contributed by atoms with Crippen molar-refractivity contribution in [1.29, 1.82) is 0 Å². The summed E-state index contributed by atoms with van der Waals surface area (Å²) in [6.45, 7) is 2.26. The van der Waals surface area contributed by atoms with Crippen molar-refractivity contribution in [2.75, 3.05) is 5.33 Å². The molecule has 0 bridgehead atoms. The first kappa shape index (κ1) is 12.6. The molecule has 0 aliphatic rings. The van der Waals surface area contributed by atoms with Crippen LogP contribution in [0.15, 0.2) is 42.5 Å². The maximum Gasteiger partial charge on any atom is 0.0100 e. The summed E-state index contributed by atoms with van der Waals surface area (Å²) in [5, 5.41) is 3.82. The van der Waals surface area contributed by atoms with Crippen LogP contribution in [0, 0.1) is 0 Å². The van der Waals surface area contributed by atoms with E-state index in [0.29, 0.717) is 5.92 Å². The number of fused-ring (bicyclic) bond motifs is 1. The molecule has 0 fully saturated rings. The fourth-order valence-corrected chi connectivity index (χ4v) is 3.05. The van der Waals surface area contributed by atoms with Gasteiger partial charge in [0.1, 0.15) is 0 Å². The Kier molecular flexibility index (Phi) is 4.61. The maximum atomic E-state index is 3.67. The highest BCUT2D eigenvalue weighted by Gasteiger charge is 2.12. The molecule has 0 heterocycles. The van der Waals surface area contributed by atoms with E-state index in [4.69, 9.17) is 0 Å². The van der Waals surface area contributed by atoms with Crippen LogP contribution in [0.4, 0.5) is 0 Å². The van der Waals surface area contributed by atoms with Crippen molar-refractivity contribution >= 4 is 26.7 Å². The maximum absolute atomic E-state index is 3.67.